The monoisotopic (exact) mass is 824 g/mol. The number of hydroxylamine groups is 1. The van der Waals surface area contributed by atoms with Crippen LogP contribution in [0.4, 0.5) is 22.0 Å². The Labute approximate surface area is 339 Å². The highest BCUT2D eigenvalue weighted by Crippen LogP contribution is 2.38. The second-order valence-corrected chi connectivity index (χ2v) is 17.1. The van der Waals surface area contributed by atoms with Gasteiger partial charge in [0.1, 0.15) is 10.6 Å². The predicted octanol–water partition coefficient (Wildman–Crippen LogP) is 8.83. The number of hydrogen-bond acceptors (Lipinski definition) is 8. The van der Waals surface area contributed by atoms with Crippen molar-refractivity contribution in [2.75, 3.05) is 13.6 Å². The Morgan fingerprint density at radius 1 is 0.845 bits per heavy atom. The van der Waals surface area contributed by atoms with Crippen molar-refractivity contribution >= 4 is 36.2 Å². The molecule has 1 saturated heterocycles. The van der Waals surface area contributed by atoms with E-state index in [9.17, 15) is 36.6 Å². The van der Waals surface area contributed by atoms with Gasteiger partial charge in [-0.05, 0) is 112 Å². The van der Waals surface area contributed by atoms with Crippen LogP contribution in [0.1, 0.15) is 104 Å². The number of ketones is 1. The molecule has 15 heteroatoms. The van der Waals surface area contributed by atoms with E-state index < -0.39 is 82.2 Å². The quantitative estimate of drug-likeness (QED) is 0.0326. The van der Waals surface area contributed by atoms with Gasteiger partial charge >= 0.3 is 7.12 Å². The molecule has 308 valence electrons. The fraction of sp³-hybridized carbons (Fsp3) is 0.395. The SMILES string of the molecule is CN(CC(=O)C(Cc1ccc(C2CCCCC2)cc1)c1ccc(C(=O)NOCc2ccc(B3OC(C)(C)C(C)(C)O3)cc2)c(O)c1)Sc1c(F)c(F)c(F)c(F)c1F. The summed E-state index contributed by atoms with van der Waals surface area (Å²) in [5.41, 5.74) is 5.16. The number of aromatic hydroxyl groups is 1. The molecular weight excluding hydrogens is 778 g/mol. The number of hydrogen-bond donors (Lipinski definition) is 2. The van der Waals surface area contributed by atoms with Gasteiger partial charge in [-0.2, -0.15) is 0 Å². The van der Waals surface area contributed by atoms with Gasteiger partial charge in [-0.1, -0.05) is 73.9 Å². The van der Waals surface area contributed by atoms with Crippen LogP contribution >= 0.6 is 11.9 Å². The Kier molecular flexibility index (Phi) is 13.4. The van der Waals surface area contributed by atoms with Crippen LogP contribution in [0.15, 0.2) is 71.6 Å². The van der Waals surface area contributed by atoms with Crippen molar-refractivity contribution in [2.45, 2.75) is 101 Å². The maximum atomic E-state index is 14.5. The summed E-state index contributed by atoms with van der Waals surface area (Å²) in [6.07, 6.45) is 5.92. The van der Waals surface area contributed by atoms with E-state index in [1.54, 1.807) is 0 Å². The molecule has 4 aromatic carbocycles. The summed E-state index contributed by atoms with van der Waals surface area (Å²) in [6.45, 7) is 7.43. The Morgan fingerprint density at radius 3 is 2.00 bits per heavy atom. The second kappa shape index (κ2) is 17.9. The molecule has 1 saturated carbocycles. The lowest BCUT2D eigenvalue weighted by Gasteiger charge is -2.32. The van der Waals surface area contributed by atoms with Crippen molar-refractivity contribution in [3.05, 3.63) is 124 Å². The molecule has 6 rings (SSSR count). The highest BCUT2D eigenvalue weighted by molar-refractivity contribution is 7.97. The van der Waals surface area contributed by atoms with Gasteiger partial charge in [-0.3, -0.25) is 14.4 Å². The first-order valence-electron chi connectivity index (χ1n) is 19.2. The van der Waals surface area contributed by atoms with Crippen LogP contribution in [-0.4, -0.2) is 53.0 Å². The van der Waals surface area contributed by atoms with Gasteiger partial charge in [0.15, 0.2) is 29.1 Å². The minimum Gasteiger partial charge on any atom is -0.507 e. The van der Waals surface area contributed by atoms with Crippen molar-refractivity contribution in [3.8, 4) is 5.75 Å². The first kappa shape index (κ1) is 43.3. The molecule has 0 bridgehead atoms. The fourth-order valence-corrected chi connectivity index (χ4v) is 7.99. The number of phenolic OH excluding ortho intramolecular Hbond substituents is 1. The Morgan fingerprint density at radius 2 is 1.41 bits per heavy atom. The van der Waals surface area contributed by atoms with E-state index in [2.05, 4.69) is 5.48 Å². The number of rotatable bonds is 14. The summed E-state index contributed by atoms with van der Waals surface area (Å²) < 4.78 is 83.7. The number of carbonyl (C=O) groups excluding carboxylic acids is 2. The minimum atomic E-state index is -2.28. The minimum absolute atomic E-state index is 0.0148. The maximum Gasteiger partial charge on any atom is 0.494 e. The topological polar surface area (TPSA) is 97.3 Å². The van der Waals surface area contributed by atoms with Crippen molar-refractivity contribution in [2.24, 2.45) is 0 Å². The van der Waals surface area contributed by atoms with E-state index in [0.29, 0.717) is 11.5 Å². The molecule has 1 aliphatic carbocycles. The lowest BCUT2D eigenvalue weighted by molar-refractivity contribution is -0.120. The van der Waals surface area contributed by atoms with E-state index in [1.165, 1.54) is 50.1 Å². The van der Waals surface area contributed by atoms with E-state index >= 15 is 0 Å². The maximum absolute atomic E-state index is 14.5. The molecule has 58 heavy (non-hydrogen) atoms. The number of halogens is 5. The number of amides is 1. The summed E-state index contributed by atoms with van der Waals surface area (Å²) in [6, 6.07) is 19.4. The van der Waals surface area contributed by atoms with Gasteiger partial charge < -0.3 is 14.4 Å². The van der Waals surface area contributed by atoms with Crippen LogP contribution in [0.2, 0.25) is 0 Å². The molecule has 1 amide bonds. The number of likely N-dealkylation sites (N-methyl/N-ethyl adjacent to an activating group) is 1. The van der Waals surface area contributed by atoms with Crippen molar-refractivity contribution in [1.29, 1.82) is 0 Å². The third-order valence-electron chi connectivity index (χ3n) is 11.3. The molecule has 0 radical (unpaired) electrons. The standard InChI is InChI=1S/C43H46BF5N2O6S/c1-42(2)43(3,4)57-44(56-42)30-18-13-26(14-19-30)24-55-50-41(54)31-20-17-29(22-33(31)52)32(21-25-11-15-28(16-12-25)27-9-7-6-8-10-27)34(53)23-51(5)58-40-38(48)36(46)35(45)37(47)39(40)49/h11-20,22,27,32,52H,6-10,21,23-24H2,1-5H3,(H,50,54). The smallest absolute Gasteiger partial charge is 0.494 e. The number of Topliss-reactive ketones (excluding diaryl/α,β-unsaturated/α-hetero) is 1. The Balaban J connectivity index is 1.14. The third kappa shape index (κ3) is 9.60. The van der Waals surface area contributed by atoms with Crippen LogP contribution in [-0.2, 0) is 32.0 Å². The van der Waals surface area contributed by atoms with Gasteiger partial charge in [-0.25, -0.2) is 31.7 Å². The number of phenols is 1. The lowest BCUT2D eigenvalue weighted by atomic mass is 9.79. The summed E-state index contributed by atoms with van der Waals surface area (Å²) >= 11 is 0.209. The predicted molar refractivity (Wildman–Crippen MR) is 211 cm³/mol. The van der Waals surface area contributed by atoms with Crippen LogP contribution in [0.5, 0.6) is 5.75 Å². The van der Waals surface area contributed by atoms with E-state index in [-0.39, 0.29) is 30.5 Å². The molecule has 2 fully saturated rings. The van der Waals surface area contributed by atoms with Crippen LogP contribution in [0, 0.1) is 29.1 Å². The Bertz CT molecular complexity index is 2090. The number of carbonyl (C=O) groups is 2. The molecule has 1 aliphatic heterocycles. The van der Waals surface area contributed by atoms with Crippen molar-refractivity contribution in [3.63, 3.8) is 0 Å². The highest BCUT2D eigenvalue weighted by Gasteiger charge is 2.51. The second-order valence-electron chi connectivity index (χ2n) is 15.9. The van der Waals surface area contributed by atoms with Crippen LogP contribution in [0.3, 0.4) is 0 Å². The average Bonchev–Trinajstić information content (AvgIpc) is 3.43. The Hall–Kier alpha value is -4.28. The van der Waals surface area contributed by atoms with E-state index in [1.807, 2.05) is 76.2 Å². The lowest BCUT2D eigenvalue weighted by Crippen LogP contribution is -2.41. The summed E-state index contributed by atoms with van der Waals surface area (Å²) in [7, 11) is 0.759. The van der Waals surface area contributed by atoms with Gasteiger partial charge in [0.05, 0.1) is 29.9 Å². The van der Waals surface area contributed by atoms with Gasteiger partial charge in [-0.15, -0.1) is 0 Å². The molecule has 2 aliphatic rings. The molecule has 4 aromatic rings. The number of nitrogens with one attached hydrogen (secondary N) is 1. The first-order valence-corrected chi connectivity index (χ1v) is 19.9. The van der Waals surface area contributed by atoms with E-state index in [0.717, 1.165) is 33.7 Å². The zero-order chi connectivity index (χ0) is 41.9. The normalized spacial score (nSPS) is 17.1. The molecule has 1 unspecified atom stereocenters. The van der Waals surface area contributed by atoms with E-state index in [4.69, 9.17) is 14.1 Å². The largest absolute Gasteiger partial charge is 0.507 e. The molecule has 8 nitrogen and oxygen atoms in total. The highest BCUT2D eigenvalue weighted by atomic mass is 32.2. The molecular formula is C43H46BF5N2O6S. The molecule has 1 atom stereocenters. The van der Waals surface area contributed by atoms with Gasteiger partial charge in [0, 0.05) is 5.92 Å². The average molecular weight is 825 g/mol. The van der Waals surface area contributed by atoms with Crippen LogP contribution < -0.4 is 10.9 Å². The molecule has 2 N–H and O–H groups in total. The summed E-state index contributed by atoms with van der Waals surface area (Å²) in [5, 5.41) is 11.0. The number of benzene rings is 4. The molecule has 0 spiro atoms. The van der Waals surface area contributed by atoms with Gasteiger partial charge in [0.25, 0.3) is 5.91 Å². The zero-order valence-electron chi connectivity index (χ0n) is 33.0. The van der Waals surface area contributed by atoms with Crippen molar-refractivity contribution in [1.82, 2.24) is 9.79 Å². The molecule has 0 aromatic heterocycles. The summed E-state index contributed by atoms with van der Waals surface area (Å²) in [4.78, 5) is 31.3. The fourth-order valence-electron chi connectivity index (χ4n) is 7.15. The van der Waals surface area contributed by atoms with Gasteiger partial charge in [0.2, 0.25) is 5.82 Å². The van der Waals surface area contributed by atoms with Crippen molar-refractivity contribution < 1.29 is 50.8 Å². The molecule has 1 heterocycles. The van der Waals surface area contributed by atoms with Crippen LogP contribution in [0.25, 0.3) is 0 Å². The zero-order valence-corrected chi connectivity index (χ0v) is 33.8. The first-order chi connectivity index (χ1) is 27.5. The number of nitrogens with zero attached hydrogens (tertiary/aromatic N) is 1. The summed E-state index contributed by atoms with van der Waals surface area (Å²) in [5.74, 6) is -12.6. The third-order valence-corrected chi connectivity index (χ3v) is 12.2.